The third kappa shape index (κ3) is 3.23. The predicted molar refractivity (Wildman–Crippen MR) is 73.3 cm³/mol. The highest BCUT2D eigenvalue weighted by molar-refractivity contribution is 5.78. The summed E-state index contributed by atoms with van der Waals surface area (Å²) in [5.74, 6) is 0.307. The fourth-order valence-corrected chi connectivity index (χ4v) is 3.28. The van der Waals surface area contributed by atoms with Crippen LogP contribution in [0.15, 0.2) is 0 Å². The van der Waals surface area contributed by atoms with Crippen LogP contribution in [-0.4, -0.2) is 54.0 Å². The average Bonchev–Trinajstić information content (AvgIpc) is 2.42. The molecule has 0 aliphatic carbocycles. The quantitative estimate of drug-likeness (QED) is 0.822. The van der Waals surface area contributed by atoms with Crippen molar-refractivity contribution in [3.05, 3.63) is 0 Å². The van der Waals surface area contributed by atoms with Gasteiger partial charge in [0, 0.05) is 31.7 Å². The molecule has 2 aliphatic heterocycles. The lowest BCUT2D eigenvalue weighted by molar-refractivity contribution is -0.135. The molecule has 2 fully saturated rings. The Hall–Kier alpha value is -0.610. The minimum absolute atomic E-state index is 0.307. The van der Waals surface area contributed by atoms with Gasteiger partial charge in [0.05, 0.1) is 6.54 Å². The minimum Gasteiger partial charge on any atom is -0.342 e. The Morgan fingerprint density at radius 2 is 1.89 bits per heavy atom. The van der Waals surface area contributed by atoms with Gasteiger partial charge in [-0.1, -0.05) is 6.42 Å². The van der Waals surface area contributed by atoms with Crippen LogP contribution in [0.25, 0.3) is 0 Å². The standard InChI is InChI=1S/C14H27N3O/c1-12-6-5-7-13(10-15)17(12)11-14(18)16-8-3-2-4-9-16/h12-13H,2-11,15H2,1H3. The van der Waals surface area contributed by atoms with Crippen molar-refractivity contribution >= 4 is 5.91 Å². The van der Waals surface area contributed by atoms with Crippen LogP contribution in [0.5, 0.6) is 0 Å². The van der Waals surface area contributed by atoms with E-state index in [0.29, 0.717) is 31.1 Å². The number of rotatable bonds is 3. The Morgan fingerprint density at radius 1 is 1.17 bits per heavy atom. The van der Waals surface area contributed by atoms with E-state index in [0.717, 1.165) is 19.5 Å². The fourth-order valence-electron chi connectivity index (χ4n) is 3.28. The zero-order valence-corrected chi connectivity index (χ0v) is 11.6. The van der Waals surface area contributed by atoms with Gasteiger partial charge in [0.2, 0.25) is 5.91 Å². The molecule has 2 saturated heterocycles. The van der Waals surface area contributed by atoms with Crippen molar-refractivity contribution in [3.63, 3.8) is 0 Å². The summed E-state index contributed by atoms with van der Waals surface area (Å²) in [5.41, 5.74) is 5.84. The summed E-state index contributed by atoms with van der Waals surface area (Å²) in [5, 5.41) is 0. The van der Waals surface area contributed by atoms with Crippen LogP contribution in [0.4, 0.5) is 0 Å². The molecule has 0 aromatic carbocycles. The highest BCUT2D eigenvalue weighted by Crippen LogP contribution is 2.22. The number of likely N-dealkylation sites (tertiary alicyclic amines) is 2. The van der Waals surface area contributed by atoms with E-state index in [1.807, 2.05) is 4.90 Å². The molecule has 0 saturated carbocycles. The van der Waals surface area contributed by atoms with E-state index in [4.69, 9.17) is 5.73 Å². The first-order valence-corrected chi connectivity index (χ1v) is 7.46. The molecule has 1 amide bonds. The van der Waals surface area contributed by atoms with Crippen LogP contribution in [0.2, 0.25) is 0 Å². The van der Waals surface area contributed by atoms with E-state index in [9.17, 15) is 4.79 Å². The zero-order valence-electron chi connectivity index (χ0n) is 11.6. The van der Waals surface area contributed by atoms with Gasteiger partial charge in [-0.25, -0.2) is 0 Å². The summed E-state index contributed by atoms with van der Waals surface area (Å²) in [6.45, 7) is 5.38. The summed E-state index contributed by atoms with van der Waals surface area (Å²) >= 11 is 0. The molecule has 4 nitrogen and oxygen atoms in total. The molecule has 2 unspecified atom stereocenters. The van der Waals surface area contributed by atoms with Crippen LogP contribution in [0.1, 0.15) is 45.4 Å². The Kier molecular flexibility index (Phi) is 5.01. The number of hydrogen-bond donors (Lipinski definition) is 1. The molecule has 0 bridgehead atoms. The molecule has 0 aromatic heterocycles. The molecular weight excluding hydrogens is 226 g/mol. The molecule has 0 spiro atoms. The number of amides is 1. The lowest BCUT2D eigenvalue weighted by atomic mass is 9.96. The molecule has 2 atom stereocenters. The Morgan fingerprint density at radius 3 is 2.56 bits per heavy atom. The smallest absolute Gasteiger partial charge is 0.236 e. The second-order valence-electron chi connectivity index (χ2n) is 5.78. The number of carbonyl (C=O) groups excluding carboxylic acids is 1. The maximum Gasteiger partial charge on any atom is 0.236 e. The number of nitrogens with zero attached hydrogens (tertiary/aromatic N) is 2. The highest BCUT2D eigenvalue weighted by atomic mass is 16.2. The molecule has 0 radical (unpaired) electrons. The van der Waals surface area contributed by atoms with Gasteiger partial charge in [-0.05, 0) is 39.0 Å². The number of hydrogen-bond acceptors (Lipinski definition) is 3. The van der Waals surface area contributed by atoms with E-state index in [-0.39, 0.29) is 0 Å². The summed E-state index contributed by atoms with van der Waals surface area (Å²) < 4.78 is 0. The van der Waals surface area contributed by atoms with Crippen molar-refractivity contribution in [3.8, 4) is 0 Å². The normalized spacial score (nSPS) is 30.4. The lowest BCUT2D eigenvalue weighted by Crippen LogP contribution is -2.53. The third-order valence-electron chi connectivity index (χ3n) is 4.49. The maximum absolute atomic E-state index is 12.3. The number of piperidine rings is 2. The average molecular weight is 253 g/mol. The van der Waals surface area contributed by atoms with Crippen molar-refractivity contribution in [1.82, 2.24) is 9.80 Å². The molecule has 104 valence electrons. The van der Waals surface area contributed by atoms with Crippen molar-refractivity contribution < 1.29 is 4.79 Å². The van der Waals surface area contributed by atoms with Gasteiger partial charge in [-0.3, -0.25) is 9.69 Å². The van der Waals surface area contributed by atoms with Crippen LogP contribution < -0.4 is 5.73 Å². The zero-order chi connectivity index (χ0) is 13.0. The van der Waals surface area contributed by atoms with Gasteiger partial charge in [0.25, 0.3) is 0 Å². The molecule has 2 aliphatic rings. The molecule has 4 heteroatoms. The first-order valence-electron chi connectivity index (χ1n) is 7.46. The largest absolute Gasteiger partial charge is 0.342 e. The van der Waals surface area contributed by atoms with Crippen molar-refractivity contribution in [2.45, 2.75) is 57.5 Å². The van der Waals surface area contributed by atoms with Gasteiger partial charge in [-0.2, -0.15) is 0 Å². The third-order valence-corrected chi connectivity index (χ3v) is 4.49. The van der Waals surface area contributed by atoms with Gasteiger partial charge < -0.3 is 10.6 Å². The molecule has 2 rings (SSSR count). The SMILES string of the molecule is CC1CCCC(CN)N1CC(=O)N1CCCCC1. The van der Waals surface area contributed by atoms with Crippen LogP contribution in [0.3, 0.4) is 0 Å². The van der Waals surface area contributed by atoms with Crippen molar-refractivity contribution in [2.24, 2.45) is 5.73 Å². The van der Waals surface area contributed by atoms with Gasteiger partial charge in [0.1, 0.15) is 0 Å². The summed E-state index contributed by atoms with van der Waals surface area (Å²) in [4.78, 5) is 16.7. The Balaban J connectivity index is 1.90. The first kappa shape index (κ1) is 13.8. The van der Waals surface area contributed by atoms with Crippen LogP contribution in [0, 0.1) is 0 Å². The monoisotopic (exact) mass is 253 g/mol. The van der Waals surface area contributed by atoms with E-state index >= 15 is 0 Å². The second kappa shape index (κ2) is 6.53. The summed E-state index contributed by atoms with van der Waals surface area (Å²) in [6, 6.07) is 0.906. The van der Waals surface area contributed by atoms with E-state index < -0.39 is 0 Å². The van der Waals surface area contributed by atoms with E-state index in [1.54, 1.807) is 0 Å². The Labute approximate surface area is 110 Å². The predicted octanol–water partition coefficient (Wildman–Crippen LogP) is 1.20. The fraction of sp³-hybridized carbons (Fsp3) is 0.929. The molecule has 2 N–H and O–H groups in total. The Bertz CT molecular complexity index is 276. The molecule has 2 heterocycles. The highest BCUT2D eigenvalue weighted by Gasteiger charge is 2.30. The van der Waals surface area contributed by atoms with Gasteiger partial charge >= 0.3 is 0 Å². The van der Waals surface area contributed by atoms with Gasteiger partial charge in [0.15, 0.2) is 0 Å². The summed E-state index contributed by atoms with van der Waals surface area (Å²) in [7, 11) is 0. The lowest BCUT2D eigenvalue weighted by Gasteiger charge is -2.41. The number of carbonyl (C=O) groups is 1. The minimum atomic E-state index is 0.307. The maximum atomic E-state index is 12.3. The van der Waals surface area contributed by atoms with Crippen LogP contribution >= 0.6 is 0 Å². The summed E-state index contributed by atoms with van der Waals surface area (Å²) in [6.07, 6.45) is 7.20. The first-order chi connectivity index (χ1) is 8.72. The molecule has 0 aromatic rings. The topological polar surface area (TPSA) is 49.6 Å². The number of nitrogens with two attached hydrogens (primary N) is 1. The molecule has 18 heavy (non-hydrogen) atoms. The van der Waals surface area contributed by atoms with Crippen molar-refractivity contribution in [1.29, 1.82) is 0 Å². The second-order valence-corrected chi connectivity index (χ2v) is 5.78. The van der Waals surface area contributed by atoms with Gasteiger partial charge in [-0.15, -0.1) is 0 Å². The van der Waals surface area contributed by atoms with Crippen molar-refractivity contribution in [2.75, 3.05) is 26.2 Å². The molecular formula is C14H27N3O. The van der Waals surface area contributed by atoms with Crippen LogP contribution in [-0.2, 0) is 4.79 Å². The van der Waals surface area contributed by atoms with E-state index in [1.165, 1.54) is 32.1 Å². The van der Waals surface area contributed by atoms with E-state index in [2.05, 4.69) is 11.8 Å².